The van der Waals surface area contributed by atoms with Crippen molar-refractivity contribution in [3.63, 3.8) is 0 Å². The van der Waals surface area contributed by atoms with Gasteiger partial charge in [-0.2, -0.15) is 0 Å². The van der Waals surface area contributed by atoms with Crippen LogP contribution >= 0.6 is 12.2 Å². The molecule has 1 rings (SSSR count). The summed E-state index contributed by atoms with van der Waals surface area (Å²) in [7, 11) is 1.73. The van der Waals surface area contributed by atoms with Gasteiger partial charge in [0.05, 0.1) is 5.56 Å². The van der Waals surface area contributed by atoms with E-state index in [2.05, 4.69) is 24.1 Å². The van der Waals surface area contributed by atoms with Gasteiger partial charge in [-0.25, -0.2) is 0 Å². The normalized spacial score (nSPS) is 11.4. The Morgan fingerprint density at radius 2 is 2.10 bits per heavy atom. The Balaban J connectivity index is 2.89. The molecule has 5 heteroatoms. The van der Waals surface area contributed by atoms with E-state index >= 15 is 0 Å². The minimum atomic E-state index is 0.134. The van der Waals surface area contributed by atoms with Crippen molar-refractivity contribution in [3.05, 3.63) is 23.0 Å². The fraction of sp³-hybridized carbons (Fsp3) is 0.600. The summed E-state index contributed by atoms with van der Waals surface area (Å²) in [6.45, 7) is 9.90. The number of pyridine rings is 1. The molecule has 0 radical (unpaired) electrons. The lowest BCUT2D eigenvalue weighted by molar-refractivity contribution is 0.157. The Morgan fingerprint density at radius 1 is 1.45 bits per heavy atom. The molecule has 1 aromatic heterocycles. The second-order valence-corrected chi connectivity index (χ2v) is 6.34. The molecule has 0 aromatic carbocycles. The summed E-state index contributed by atoms with van der Waals surface area (Å²) < 4.78 is 5.15. The van der Waals surface area contributed by atoms with Crippen LogP contribution in [0.25, 0.3) is 0 Å². The topological polar surface area (TPSA) is 60.2 Å². The Hall–Kier alpha value is -1.20. The van der Waals surface area contributed by atoms with Crippen LogP contribution in [-0.4, -0.2) is 30.2 Å². The summed E-state index contributed by atoms with van der Waals surface area (Å²) in [6.07, 6.45) is 0.988. The number of aryl methyl sites for hydroxylation is 2. The SMILES string of the molecule is COCCC(C)(C)CNc1cc(C)nc(C)c1C(N)=S. The Morgan fingerprint density at radius 3 is 2.65 bits per heavy atom. The monoisotopic (exact) mass is 295 g/mol. The van der Waals surface area contributed by atoms with E-state index in [-0.39, 0.29) is 5.41 Å². The Labute approximate surface area is 127 Å². The summed E-state index contributed by atoms with van der Waals surface area (Å²) in [5.74, 6) is 0. The number of hydrogen-bond donors (Lipinski definition) is 2. The van der Waals surface area contributed by atoms with Crippen LogP contribution in [0.1, 0.15) is 37.2 Å². The van der Waals surface area contributed by atoms with Gasteiger partial charge in [0.25, 0.3) is 0 Å². The molecule has 0 saturated heterocycles. The second-order valence-electron chi connectivity index (χ2n) is 5.90. The first-order chi connectivity index (χ1) is 9.26. The van der Waals surface area contributed by atoms with Gasteiger partial charge in [0, 0.05) is 37.3 Å². The highest BCUT2D eigenvalue weighted by Crippen LogP contribution is 2.24. The van der Waals surface area contributed by atoms with Gasteiger partial charge < -0.3 is 15.8 Å². The van der Waals surface area contributed by atoms with Crippen LogP contribution in [0.15, 0.2) is 6.07 Å². The van der Waals surface area contributed by atoms with Crippen molar-refractivity contribution >= 4 is 22.9 Å². The van der Waals surface area contributed by atoms with Gasteiger partial charge in [-0.1, -0.05) is 26.1 Å². The third-order valence-electron chi connectivity index (χ3n) is 3.32. The third-order valence-corrected chi connectivity index (χ3v) is 3.52. The van der Waals surface area contributed by atoms with Crippen molar-refractivity contribution < 1.29 is 4.74 Å². The van der Waals surface area contributed by atoms with Crippen LogP contribution in [0.5, 0.6) is 0 Å². The third kappa shape index (κ3) is 4.72. The maximum Gasteiger partial charge on any atom is 0.107 e. The van der Waals surface area contributed by atoms with E-state index in [0.29, 0.717) is 4.99 Å². The smallest absolute Gasteiger partial charge is 0.107 e. The number of nitrogens with one attached hydrogen (secondary N) is 1. The molecule has 1 heterocycles. The average molecular weight is 295 g/mol. The lowest BCUT2D eigenvalue weighted by atomic mass is 9.89. The van der Waals surface area contributed by atoms with Crippen LogP contribution in [0.4, 0.5) is 5.69 Å². The van der Waals surface area contributed by atoms with Gasteiger partial charge in [-0.15, -0.1) is 0 Å². The molecule has 4 nitrogen and oxygen atoms in total. The number of hydrogen-bond acceptors (Lipinski definition) is 4. The van der Waals surface area contributed by atoms with Crippen molar-refractivity contribution in [3.8, 4) is 0 Å². The van der Waals surface area contributed by atoms with Gasteiger partial charge in [-0.05, 0) is 31.7 Å². The molecule has 112 valence electrons. The van der Waals surface area contributed by atoms with Gasteiger partial charge in [0.2, 0.25) is 0 Å². The lowest BCUT2D eigenvalue weighted by Gasteiger charge is -2.26. The number of aromatic nitrogens is 1. The fourth-order valence-corrected chi connectivity index (χ4v) is 2.34. The van der Waals surface area contributed by atoms with E-state index in [0.717, 1.165) is 42.2 Å². The number of nitrogens with zero attached hydrogens (tertiary/aromatic N) is 1. The molecule has 0 saturated carbocycles. The quantitative estimate of drug-likeness (QED) is 0.758. The maximum absolute atomic E-state index is 5.82. The zero-order valence-electron chi connectivity index (χ0n) is 13.0. The van der Waals surface area contributed by atoms with Crippen LogP contribution in [-0.2, 0) is 4.74 Å². The lowest BCUT2D eigenvalue weighted by Crippen LogP contribution is -2.26. The summed E-state index contributed by atoms with van der Waals surface area (Å²) in [4.78, 5) is 4.80. The average Bonchev–Trinajstić information content (AvgIpc) is 2.32. The highest BCUT2D eigenvalue weighted by molar-refractivity contribution is 7.80. The molecule has 0 fully saturated rings. The van der Waals surface area contributed by atoms with E-state index in [1.54, 1.807) is 7.11 Å². The molecule has 0 aliphatic heterocycles. The van der Waals surface area contributed by atoms with Crippen molar-refractivity contribution in [1.82, 2.24) is 4.98 Å². The molecular weight excluding hydrogens is 270 g/mol. The number of methoxy groups -OCH3 is 1. The van der Waals surface area contributed by atoms with Crippen LogP contribution in [0.3, 0.4) is 0 Å². The molecule has 1 aromatic rings. The molecule has 0 unspecified atom stereocenters. The largest absolute Gasteiger partial charge is 0.389 e. The first-order valence-electron chi connectivity index (χ1n) is 6.77. The van der Waals surface area contributed by atoms with E-state index in [9.17, 15) is 0 Å². The number of anilines is 1. The van der Waals surface area contributed by atoms with Gasteiger partial charge in [0.15, 0.2) is 0 Å². The molecule has 0 amide bonds. The van der Waals surface area contributed by atoms with Crippen molar-refractivity contribution in [2.75, 3.05) is 25.6 Å². The Kier molecular flexibility index (Phi) is 5.89. The molecular formula is C15H25N3OS. The van der Waals surface area contributed by atoms with Gasteiger partial charge >= 0.3 is 0 Å². The molecule has 0 spiro atoms. The highest BCUT2D eigenvalue weighted by Gasteiger charge is 2.19. The van der Waals surface area contributed by atoms with Crippen molar-refractivity contribution in [2.45, 2.75) is 34.1 Å². The second kappa shape index (κ2) is 6.99. The first-order valence-corrected chi connectivity index (χ1v) is 7.18. The molecule has 0 aliphatic carbocycles. The number of thiocarbonyl (C=S) groups is 1. The van der Waals surface area contributed by atoms with E-state index < -0.39 is 0 Å². The predicted octanol–water partition coefficient (Wildman–Crippen LogP) is 2.81. The standard InChI is InChI=1S/C15H25N3OS/c1-10-8-12(13(14(16)20)11(2)18-10)17-9-15(3,4)6-7-19-5/h8H,6-7,9H2,1-5H3,(H2,16,20)(H,17,18). The van der Waals surface area contributed by atoms with Crippen LogP contribution in [0, 0.1) is 19.3 Å². The minimum Gasteiger partial charge on any atom is -0.389 e. The van der Waals surface area contributed by atoms with Crippen molar-refractivity contribution in [2.24, 2.45) is 11.1 Å². The molecule has 0 aliphatic rings. The molecule has 20 heavy (non-hydrogen) atoms. The van der Waals surface area contributed by atoms with Gasteiger partial charge in [0.1, 0.15) is 4.99 Å². The first kappa shape index (κ1) is 16.9. The summed E-state index contributed by atoms with van der Waals surface area (Å²) in [5, 5.41) is 3.46. The van der Waals surface area contributed by atoms with Crippen LogP contribution in [0.2, 0.25) is 0 Å². The minimum absolute atomic E-state index is 0.134. The van der Waals surface area contributed by atoms with E-state index in [1.165, 1.54) is 0 Å². The Bertz CT molecular complexity index is 486. The van der Waals surface area contributed by atoms with E-state index in [4.69, 9.17) is 22.7 Å². The van der Waals surface area contributed by atoms with E-state index in [1.807, 2.05) is 19.9 Å². The maximum atomic E-state index is 5.82. The fourth-order valence-electron chi connectivity index (χ4n) is 2.08. The van der Waals surface area contributed by atoms with Gasteiger partial charge in [-0.3, -0.25) is 4.98 Å². The summed E-state index contributed by atoms with van der Waals surface area (Å²) in [6, 6.07) is 1.99. The van der Waals surface area contributed by atoms with Crippen LogP contribution < -0.4 is 11.1 Å². The molecule has 0 bridgehead atoms. The number of ether oxygens (including phenoxy) is 1. The summed E-state index contributed by atoms with van der Waals surface area (Å²) >= 11 is 5.14. The van der Waals surface area contributed by atoms with Crippen molar-refractivity contribution in [1.29, 1.82) is 0 Å². The molecule has 0 atom stereocenters. The predicted molar refractivity (Wildman–Crippen MR) is 88.4 cm³/mol. The zero-order valence-corrected chi connectivity index (χ0v) is 13.9. The number of rotatable bonds is 7. The number of nitrogens with two attached hydrogens (primary N) is 1. The molecule has 3 N–H and O–H groups in total. The summed E-state index contributed by atoms with van der Waals surface area (Å²) in [5.41, 5.74) is 9.58. The zero-order chi connectivity index (χ0) is 15.3. The highest BCUT2D eigenvalue weighted by atomic mass is 32.1.